The molecule has 0 saturated heterocycles. The van der Waals surface area contributed by atoms with Crippen molar-refractivity contribution in [2.75, 3.05) is 17.3 Å². The monoisotopic (exact) mass is 426 g/mol. The molecule has 0 bridgehead atoms. The van der Waals surface area contributed by atoms with Gasteiger partial charge < -0.3 is 5.32 Å². The van der Waals surface area contributed by atoms with Crippen molar-refractivity contribution >= 4 is 32.4 Å². The van der Waals surface area contributed by atoms with Crippen molar-refractivity contribution in [1.29, 1.82) is 0 Å². The number of hydrogen-bond acceptors (Lipinski definition) is 7. The number of H-pyrrole nitrogens is 1. The first-order chi connectivity index (χ1) is 14.3. The van der Waals surface area contributed by atoms with Crippen molar-refractivity contribution in [3.05, 3.63) is 71.7 Å². The SMILES string of the molecule is Cc1cc(Nc2nc(C(CS(C)(=O)=O)c3ccc(F)cn3)nc3ccccc23)n[nH]1. The minimum absolute atomic E-state index is 0.259. The summed E-state index contributed by atoms with van der Waals surface area (Å²) < 4.78 is 37.6. The van der Waals surface area contributed by atoms with Crippen molar-refractivity contribution in [2.45, 2.75) is 12.8 Å². The van der Waals surface area contributed by atoms with Gasteiger partial charge in [0.05, 0.1) is 29.1 Å². The van der Waals surface area contributed by atoms with E-state index in [-0.39, 0.29) is 11.6 Å². The first-order valence-corrected chi connectivity index (χ1v) is 11.2. The van der Waals surface area contributed by atoms with Gasteiger partial charge in [-0.1, -0.05) is 12.1 Å². The zero-order valence-electron chi connectivity index (χ0n) is 16.3. The molecule has 4 rings (SSSR count). The minimum Gasteiger partial charge on any atom is -0.323 e. The highest BCUT2D eigenvalue weighted by atomic mass is 32.2. The predicted molar refractivity (Wildman–Crippen MR) is 112 cm³/mol. The molecule has 4 aromatic rings. The third kappa shape index (κ3) is 4.43. The fraction of sp³-hybridized carbons (Fsp3) is 0.200. The van der Waals surface area contributed by atoms with Crippen molar-refractivity contribution in [1.82, 2.24) is 25.1 Å². The first-order valence-electron chi connectivity index (χ1n) is 9.13. The molecule has 1 unspecified atom stereocenters. The van der Waals surface area contributed by atoms with E-state index in [0.717, 1.165) is 23.5 Å². The van der Waals surface area contributed by atoms with E-state index in [0.29, 0.717) is 22.8 Å². The summed E-state index contributed by atoms with van der Waals surface area (Å²) in [7, 11) is -3.40. The summed E-state index contributed by atoms with van der Waals surface area (Å²) >= 11 is 0. The number of pyridine rings is 1. The summed E-state index contributed by atoms with van der Waals surface area (Å²) in [6.07, 6.45) is 2.19. The Kier molecular flexibility index (Phi) is 5.17. The number of nitrogens with zero attached hydrogens (tertiary/aromatic N) is 4. The number of aromatic amines is 1. The lowest BCUT2D eigenvalue weighted by atomic mass is 10.1. The number of halogens is 1. The van der Waals surface area contributed by atoms with Crippen LogP contribution in [0.1, 0.15) is 23.1 Å². The van der Waals surface area contributed by atoms with Gasteiger partial charge in [0, 0.05) is 23.4 Å². The van der Waals surface area contributed by atoms with Crippen molar-refractivity contribution < 1.29 is 12.8 Å². The fourth-order valence-corrected chi connectivity index (χ4v) is 4.06. The van der Waals surface area contributed by atoms with Gasteiger partial charge in [-0.15, -0.1) is 0 Å². The molecule has 0 fully saturated rings. The van der Waals surface area contributed by atoms with Gasteiger partial charge in [0.15, 0.2) is 5.82 Å². The largest absolute Gasteiger partial charge is 0.323 e. The highest BCUT2D eigenvalue weighted by molar-refractivity contribution is 7.90. The Morgan fingerprint density at radius 2 is 1.97 bits per heavy atom. The number of aromatic nitrogens is 5. The quantitative estimate of drug-likeness (QED) is 0.487. The molecule has 10 heteroatoms. The molecule has 0 aliphatic carbocycles. The number of nitrogens with one attached hydrogen (secondary N) is 2. The highest BCUT2D eigenvalue weighted by Crippen LogP contribution is 2.29. The molecule has 1 aromatic carbocycles. The van der Waals surface area contributed by atoms with E-state index in [1.54, 1.807) is 0 Å². The van der Waals surface area contributed by atoms with Crippen LogP contribution in [0.4, 0.5) is 16.0 Å². The highest BCUT2D eigenvalue weighted by Gasteiger charge is 2.25. The second-order valence-electron chi connectivity index (χ2n) is 7.06. The van der Waals surface area contributed by atoms with Crippen LogP contribution in [0.25, 0.3) is 10.9 Å². The number of rotatable bonds is 6. The summed E-state index contributed by atoms with van der Waals surface area (Å²) in [6.45, 7) is 1.88. The number of aryl methyl sites for hydroxylation is 1. The molecule has 0 aliphatic heterocycles. The lowest BCUT2D eigenvalue weighted by Crippen LogP contribution is -2.19. The van der Waals surface area contributed by atoms with Crippen LogP contribution < -0.4 is 5.32 Å². The molecular weight excluding hydrogens is 407 g/mol. The minimum atomic E-state index is -3.40. The van der Waals surface area contributed by atoms with Crippen LogP contribution in [0.15, 0.2) is 48.7 Å². The van der Waals surface area contributed by atoms with Gasteiger partial charge in [0.25, 0.3) is 0 Å². The molecule has 0 radical (unpaired) electrons. The molecule has 0 spiro atoms. The van der Waals surface area contributed by atoms with Crippen LogP contribution >= 0.6 is 0 Å². The normalized spacial score (nSPS) is 12.8. The maximum absolute atomic E-state index is 13.4. The number of benzene rings is 1. The summed E-state index contributed by atoms with van der Waals surface area (Å²) in [4.78, 5) is 13.3. The van der Waals surface area contributed by atoms with Gasteiger partial charge in [-0.2, -0.15) is 5.10 Å². The summed E-state index contributed by atoms with van der Waals surface area (Å²) in [5, 5.41) is 10.9. The van der Waals surface area contributed by atoms with E-state index in [9.17, 15) is 12.8 Å². The van der Waals surface area contributed by atoms with Gasteiger partial charge in [0.2, 0.25) is 0 Å². The van der Waals surface area contributed by atoms with Gasteiger partial charge in [-0.05, 0) is 31.2 Å². The Balaban J connectivity index is 1.86. The topological polar surface area (TPSA) is 114 Å². The van der Waals surface area contributed by atoms with Crippen molar-refractivity contribution in [3.63, 3.8) is 0 Å². The van der Waals surface area contributed by atoms with Gasteiger partial charge in [0.1, 0.15) is 27.3 Å². The molecular formula is C20H19FN6O2S. The summed E-state index contributed by atoms with van der Waals surface area (Å²) in [5.74, 6) is -0.193. The molecule has 3 heterocycles. The van der Waals surface area contributed by atoms with Crippen LogP contribution in [0, 0.1) is 12.7 Å². The average molecular weight is 426 g/mol. The van der Waals surface area contributed by atoms with Gasteiger partial charge >= 0.3 is 0 Å². The van der Waals surface area contributed by atoms with Gasteiger partial charge in [-0.3, -0.25) is 10.1 Å². The Labute approximate surface area is 172 Å². The van der Waals surface area contributed by atoms with E-state index in [4.69, 9.17) is 0 Å². The molecule has 3 aromatic heterocycles. The molecule has 0 saturated carbocycles. The molecule has 0 amide bonds. The maximum atomic E-state index is 13.4. The molecule has 30 heavy (non-hydrogen) atoms. The number of para-hydroxylation sites is 1. The van der Waals surface area contributed by atoms with E-state index in [1.807, 2.05) is 37.3 Å². The molecule has 1 atom stereocenters. The zero-order valence-corrected chi connectivity index (χ0v) is 17.1. The fourth-order valence-electron chi connectivity index (χ4n) is 3.14. The number of sulfone groups is 1. The van der Waals surface area contributed by atoms with Crippen LogP contribution in [0.3, 0.4) is 0 Å². The molecule has 0 aliphatic rings. The Morgan fingerprint density at radius 3 is 2.63 bits per heavy atom. The smallest absolute Gasteiger partial charge is 0.153 e. The maximum Gasteiger partial charge on any atom is 0.153 e. The number of anilines is 2. The third-order valence-corrected chi connectivity index (χ3v) is 5.40. The van der Waals surface area contributed by atoms with E-state index in [1.165, 1.54) is 12.1 Å². The lowest BCUT2D eigenvalue weighted by Gasteiger charge is -2.17. The van der Waals surface area contributed by atoms with Crippen molar-refractivity contribution in [2.24, 2.45) is 0 Å². The second-order valence-corrected chi connectivity index (χ2v) is 9.24. The second kappa shape index (κ2) is 7.79. The predicted octanol–water partition coefficient (Wildman–Crippen LogP) is 3.12. The van der Waals surface area contributed by atoms with Crippen LogP contribution in [-0.2, 0) is 9.84 Å². The van der Waals surface area contributed by atoms with E-state index in [2.05, 4.69) is 30.5 Å². The standard InChI is InChI=1S/C20H19FN6O2S/c1-12-9-18(27-26-12)24-19-14-5-3-4-6-17(14)23-20(25-19)15(11-30(2,28)29)16-8-7-13(21)10-22-16/h3-10,15H,11H2,1-2H3,(H2,23,24,25,26,27). The van der Waals surface area contributed by atoms with Crippen LogP contribution in [0.2, 0.25) is 0 Å². The summed E-state index contributed by atoms with van der Waals surface area (Å²) in [6, 6.07) is 11.9. The molecule has 154 valence electrons. The molecule has 8 nitrogen and oxygen atoms in total. The molecule has 2 N–H and O–H groups in total. The van der Waals surface area contributed by atoms with Crippen LogP contribution in [0.5, 0.6) is 0 Å². The average Bonchev–Trinajstić information content (AvgIpc) is 3.11. The number of fused-ring (bicyclic) bond motifs is 1. The zero-order chi connectivity index (χ0) is 21.3. The van der Waals surface area contributed by atoms with E-state index < -0.39 is 21.6 Å². The van der Waals surface area contributed by atoms with E-state index >= 15 is 0 Å². The van der Waals surface area contributed by atoms with Crippen molar-refractivity contribution in [3.8, 4) is 0 Å². The Morgan fingerprint density at radius 1 is 1.17 bits per heavy atom. The lowest BCUT2D eigenvalue weighted by molar-refractivity contribution is 0.594. The Bertz CT molecular complexity index is 1300. The number of hydrogen-bond donors (Lipinski definition) is 2. The van der Waals surface area contributed by atoms with Crippen LogP contribution in [-0.4, -0.2) is 45.6 Å². The first kappa shape index (κ1) is 19.9. The Hall–Kier alpha value is -3.40. The summed E-state index contributed by atoms with van der Waals surface area (Å²) in [5.41, 5.74) is 1.89. The third-order valence-electron chi connectivity index (χ3n) is 4.46. The van der Waals surface area contributed by atoms with Gasteiger partial charge in [-0.25, -0.2) is 22.8 Å².